The van der Waals surface area contributed by atoms with Crippen LogP contribution in [0.25, 0.3) is 11.0 Å². The molecule has 2 N–H and O–H groups in total. The number of aryl methyl sites for hydroxylation is 1. The first-order chi connectivity index (χ1) is 10.3. The van der Waals surface area contributed by atoms with Gasteiger partial charge in [-0.2, -0.15) is 0 Å². The highest BCUT2D eigenvalue weighted by molar-refractivity contribution is 5.90. The summed E-state index contributed by atoms with van der Waals surface area (Å²) >= 11 is 0. The number of para-hydroxylation sites is 2. The molecular weight excluding hydrogens is 264 g/mol. The molecule has 0 aliphatic rings. The number of aromatic nitrogens is 3. The lowest BCUT2D eigenvalue weighted by molar-refractivity contribution is 0.319. The van der Waals surface area contributed by atoms with Crippen molar-refractivity contribution in [3.05, 3.63) is 42.4 Å². The number of benzene rings is 1. The van der Waals surface area contributed by atoms with Crippen LogP contribution in [-0.4, -0.2) is 21.6 Å². The van der Waals surface area contributed by atoms with Gasteiger partial charge in [0.1, 0.15) is 23.5 Å². The monoisotopic (exact) mass is 282 g/mol. The van der Waals surface area contributed by atoms with Crippen molar-refractivity contribution >= 4 is 22.5 Å². The average molecular weight is 282 g/mol. The Morgan fingerprint density at radius 2 is 2.10 bits per heavy atom. The number of ether oxygens (including phenoxy) is 1. The van der Waals surface area contributed by atoms with E-state index in [9.17, 15) is 0 Å². The standard InChI is InChI=1S/C16H18N4O/c1-3-8-21-14-7-5-4-6-13(14)20-16-12-9-11(2)19-15(12)17-10-18-16/h4-7,9-10H,3,8H2,1-2H3,(H2,17,18,19,20). The van der Waals surface area contributed by atoms with Gasteiger partial charge < -0.3 is 15.0 Å². The molecule has 0 atom stereocenters. The van der Waals surface area contributed by atoms with Gasteiger partial charge in [-0.1, -0.05) is 19.1 Å². The van der Waals surface area contributed by atoms with E-state index in [1.54, 1.807) is 6.33 Å². The van der Waals surface area contributed by atoms with E-state index in [2.05, 4.69) is 27.2 Å². The van der Waals surface area contributed by atoms with Crippen molar-refractivity contribution in [1.29, 1.82) is 0 Å². The van der Waals surface area contributed by atoms with Gasteiger partial charge in [0, 0.05) is 5.69 Å². The van der Waals surface area contributed by atoms with Crippen molar-refractivity contribution in [1.82, 2.24) is 15.0 Å². The highest BCUT2D eigenvalue weighted by atomic mass is 16.5. The van der Waals surface area contributed by atoms with E-state index in [4.69, 9.17) is 4.74 Å². The first-order valence-corrected chi connectivity index (χ1v) is 7.07. The maximum atomic E-state index is 5.76. The number of anilines is 2. The van der Waals surface area contributed by atoms with Crippen LogP contribution in [0.2, 0.25) is 0 Å². The molecule has 2 aromatic heterocycles. The summed E-state index contributed by atoms with van der Waals surface area (Å²) in [5.41, 5.74) is 2.80. The molecule has 5 nitrogen and oxygen atoms in total. The fraction of sp³-hybridized carbons (Fsp3) is 0.250. The van der Waals surface area contributed by atoms with Gasteiger partial charge in [0.05, 0.1) is 17.7 Å². The number of hydrogen-bond acceptors (Lipinski definition) is 4. The summed E-state index contributed by atoms with van der Waals surface area (Å²) in [7, 11) is 0. The molecule has 0 saturated carbocycles. The molecule has 0 fully saturated rings. The van der Waals surface area contributed by atoms with Gasteiger partial charge >= 0.3 is 0 Å². The number of H-pyrrole nitrogens is 1. The normalized spacial score (nSPS) is 10.8. The van der Waals surface area contributed by atoms with Crippen LogP contribution in [-0.2, 0) is 0 Å². The maximum Gasteiger partial charge on any atom is 0.143 e. The SMILES string of the molecule is CCCOc1ccccc1Nc1ncnc2[nH]c(C)cc12. The number of nitrogens with zero attached hydrogens (tertiary/aromatic N) is 2. The molecule has 3 rings (SSSR count). The summed E-state index contributed by atoms with van der Waals surface area (Å²) in [5, 5.41) is 4.31. The molecule has 21 heavy (non-hydrogen) atoms. The van der Waals surface area contributed by atoms with Crippen LogP contribution in [0.15, 0.2) is 36.7 Å². The van der Waals surface area contributed by atoms with E-state index in [0.29, 0.717) is 6.61 Å². The van der Waals surface area contributed by atoms with Crippen LogP contribution in [0.3, 0.4) is 0 Å². The van der Waals surface area contributed by atoms with E-state index in [1.165, 1.54) is 0 Å². The third-order valence-corrected chi connectivity index (χ3v) is 3.16. The molecule has 0 amide bonds. The van der Waals surface area contributed by atoms with Crippen LogP contribution >= 0.6 is 0 Å². The molecule has 0 spiro atoms. The minimum absolute atomic E-state index is 0.696. The number of fused-ring (bicyclic) bond motifs is 1. The quantitative estimate of drug-likeness (QED) is 0.747. The number of rotatable bonds is 5. The second-order valence-corrected chi connectivity index (χ2v) is 4.91. The largest absolute Gasteiger partial charge is 0.491 e. The van der Waals surface area contributed by atoms with Gasteiger partial charge in [-0.3, -0.25) is 0 Å². The molecule has 3 aromatic rings. The second-order valence-electron chi connectivity index (χ2n) is 4.91. The first kappa shape index (κ1) is 13.4. The van der Waals surface area contributed by atoms with E-state index in [0.717, 1.165) is 40.4 Å². The van der Waals surface area contributed by atoms with Gasteiger partial charge in [-0.25, -0.2) is 9.97 Å². The highest BCUT2D eigenvalue weighted by Crippen LogP contribution is 2.29. The third kappa shape index (κ3) is 2.81. The minimum atomic E-state index is 0.696. The van der Waals surface area contributed by atoms with E-state index in [-0.39, 0.29) is 0 Å². The lowest BCUT2D eigenvalue weighted by Gasteiger charge is -2.12. The molecule has 2 heterocycles. The van der Waals surface area contributed by atoms with Crippen molar-refractivity contribution < 1.29 is 4.74 Å². The molecule has 1 aromatic carbocycles. The maximum absolute atomic E-state index is 5.76. The molecule has 0 unspecified atom stereocenters. The zero-order valence-electron chi connectivity index (χ0n) is 12.2. The zero-order valence-corrected chi connectivity index (χ0v) is 12.2. The van der Waals surface area contributed by atoms with Crippen LogP contribution < -0.4 is 10.1 Å². The van der Waals surface area contributed by atoms with Crippen molar-refractivity contribution in [3.8, 4) is 5.75 Å². The molecule has 5 heteroatoms. The predicted octanol–water partition coefficient (Wildman–Crippen LogP) is 3.80. The van der Waals surface area contributed by atoms with Gasteiger partial charge in [-0.15, -0.1) is 0 Å². The Labute approximate surface area is 123 Å². The lowest BCUT2D eigenvalue weighted by atomic mass is 10.2. The molecule has 0 bridgehead atoms. The Bertz CT molecular complexity index is 751. The first-order valence-electron chi connectivity index (χ1n) is 7.07. The molecule has 108 valence electrons. The number of hydrogen-bond donors (Lipinski definition) is 2. The Morgan fingerprint density at radius 1 is 1.24 bits per heavy atom. The summed E-state index contributed by atoms with van der Waals surface area (Å²) < 4.78 is 5.76. The van der Waals surface area contributed by atoms with Crippen molar-refractivity contribution in [2.75, 3.05) is 11.9 Å². The van der Waals surface area contributed by atoms with Crippen LogP contribution in [0, 0.1) is 6.92 Å². The fourth-order valence-corrected chi connectivity index (χ4v) is 2.21. The van der Waals surface area contributed by atoms with Crippen LogP contribution in [0.4, 0.5) is 11.5 Å². The Balaban J connectivity index is 1.95. The van der Waals surface area contributed by atoms with Crippen molar-refractivity contribution in [2.24, 2.45) is 0 Å². The molecular formula is C16H18N4O. The van der Waals surface area contributed by atoms with E-state index in [1.807, 2.05) is 37.3 Å². The topological polar surface area (TPSA) is 62.8 Å². The van der Waals surface area contributed by atoms with Crippen molar-refractivity contribution in [3.63, 3.8) is 0 Å². The smallest absolute Gasteiger partial charge is 0.143 e. The summed E-state index contributed by atoms with van der Waals surface area (Å²) in [6.07, 6.45) is 2.53. The molecule has 0 aliphatic carbocycles. The van der Waals surface area contributed by atoms with Gasteiger partial charge in [0.2, 0.25) is 0 Å². The summed E-state index contributed by atoms with van der Waals surface area (Å²) in [4.78, 5) is 11.8. The highest BCUT2D eigenvalue weighted by Gasteiger charge is 2.09. The van der Waals surface area contributed by atoms with E-state index < -0.39 is 0 Å². The second kappa shape index (κ2) is 5.83. The third-order valence-electron chi connectivity index (χ3n) is 3.16. The lowest BCUT2D eigenvalue weighted by Crippen LogP contribution is -2.00. The van der Waals surface area contributed by atoms with Crippen LogP contribution in [0.1, 0.15) is 19.0 Å². The predicted molar refractivity (Wildman–Crippen MR) is 84.1 cm³/mol. The van der Waals surface area contributed by atoms with Gasteiger partial charge in [0.25, 0.3) is 0 Å². The van der Waals surface area contributed by atoms with E-state index >= 15 is 0 Å². The number of nitrogens with one attached hydrogen (secondary N) is 2. The fourth-order valence-electron chi connectivity index (χ4n) is 2.21. The molecule has 0 aliphatic heterocycles. The number of aromatic amines is 1. The van der Waals surface area contributed by atoms with Crippen molar-refractivity contribution in [2.45, 2.75) is 20.3 Å². The summed E-state index contributed by atoms with van der Waals surface area (Å²) in [6.45, 7) is 4.79. The summed E-state index contributed by atoms with van der Waals surface area (Å²) in [6, 6.07) is 9.92. The average Bonchev–Trinajstić information content (AvgIpc) is 2.88. The van der Waals surface area contributed by atoms with Gasteiger partial charge in [-0.05, 0) is 31.5 Å². The Morgan fingerprint density at radius 3 is 2.95 bits per heavy atom. The Kier molecular flexibility index (Phi) is 3.73. The van der Waals surface area contributed by atoms with Gasteiger partial charge in [0.15, 0.2) is 0 Å². The van der Waals surface area contributed by atoms with Crippen LogP contribution in [0.5, 0.6) is 5.75 Å². The Hall–Kier alpha value is -2.56. The minimum Gasteiger partial charge on any atom is -0.491 e. The zero-order chi connectivity index (χ0) is 14.7. The molecule has 0 saturated heterocycles. The molecule has 0 radical (unpaired) electrons. The summed E-state index contributed by atoms with van der Waals surface area (Å²) in [5.74, 6) is 1.61.